The Balaban J connectivity index is 1.46. The summed E-state index contributed by atoms with van der Waals surface area (Å²) in [5.74, 6) is 0. The highest BCUT2D eigenvalue weighted by Crippen LogP contribution is 2.33. The van der Waals surface area contributed by atoms with Gasteiger partial charge in [0.2, 0.25) is 0 Å². The number of aromatic nitrogens is 1. The van der Waals surface area contributed by atoms with Crippen LogP contribution in [0.4, 0.5) is 5.13 Å². The van der Waals surface area contributed by atoms with Crippen molar-refractivity contribution in [2.75, 3.05) is 25.0 Å². The van der Waals surface area contributed by atoms with E-state index in [2.05, 4.69) is 29.1 Å². The molecule has 0 aromatic carbocycles. The van der Waals surface area contributed by atoms with Gasteiger partial charge < -0.3 is 10.2 Å². The molecule has 4 rings (SSSR count). The zero-order valence-electron chi connectivity index (χ0n) is 13.1. The number of thiazole rings is 1. The van der Waals surface area contributed by atoms with E-state index in [0.717, 1.165) is 31.2 Å². The van der Waals surface area contributed by atoms with Crippen LogP contribution in [-0.4, -0.2) is 48.1 Å². The molecule has 21 heavy (non-hydrogen) atoms. The molecule has 1 aromatic rings. The highest BCUT2D eigenvalue weighted by Gasteiger charge is 2.35. The summed E-state index contributed by atoms with van der Waals surface area (Å²) in [6.07, 6.45) is 6.75. The zero-order valence-corrected chi connectivity index (χ0v) is 14.0. The van der Waals surface area contributed by atoms with Crippen molar-refractivity contribution >= 4 is 16.5 Å². The third-order valence-electron chi connectivity index (χ3n) is 5.43. The number of fused-ring (bicyclic) bond motifs is 2. The van der Waals surface area contributed by atoms with E-state index in [1.165, 1.54) is 54.4 Å². The molecule has 0 amide bonds. The number of nitrogens with zero attached hydrogens (tertiary/aromatic N) is 3. The second-order valence-electron chi connectivity index (χ2n) is 6.95. The van der Waals surface area contributed by atoms with Gasteiger partial charge in [-0.3, -0.25) is 4.90 Å². The lowest BCUT2D eigenvalue weighted by Crippen LogP contribution is -2.36. The predicted octanol–water partition coefficient (Wildman–Crippen LogP) is 2.38. The second kappa shape index (κ2) is 5.52. The molecule has 1 saturated carbocycles. The Morgan fingerprint density at radius 1 is 1.19 bits per heavy atom. The van der Waals surface area contributed by atoms with E-state index in [0.29, 0.717) is 0 Å². The first kappa shape index (κ1) is 14.0. The Kier molecular flexibility index (Phi) is 3.67. The second-order valence-corrected chi connectivity index (χ2v) is 8.01. The van der Waals surface area contributed by atoms with Gasteiger partial charge >= 0.3 is 0 Å². The van der Waals surface area contributed by atoms with Gasteiger partial charge in [0.15, 0.2) is 5.13 Å². The van der Waals surface area contributed by atoms with Gasteiger partial charge in [0.1, 0.15) is 0 Å². The lowest BCUT2D eigenvalue weighted by molar-refractivity contribution is 0.254. The first-order chi connectivity index (χ1) is 10.2. The summed E-state index contributed by atoms with van der Waals surface area (Å²) in [5.41, 5.74) is 1.23. The van der Waals surface area contributed by atoms with Gasteiger partial charge in [-0.2, -0.15) is 0 Å². The molecule has 1 aliphatic carbocycles. The van der Waals surface area contributed by atoms with Gasteiger partial charge in [0, 0.05) is 42.6 Å². The molecule has 2 bridgehead atoms. The lowest BCUT2D eigenvalue weighted by Gasteiger charge is -2.25. The third kappa shape index (κ3) is 2.83. The van der Waals surface area contributed by atoms with E-state index in [1.807, 2.05) is 11.3 Å². The van der Waals surface area contributed by atoms with E-state index < -0.39 is 0 Å². The van der Waals surface area contributed by atoms with Crippen molar-refractivity contribution < 1.29 is 0 Å². The molecule has 3 fully saturated rings. The van der Waals surface area contributed by atoms with E-state index >= 15 is 0 Å². The molecule has 0 spiro atoms. The summed E-state index contributed by atoms with van der Waals surface area (Å²) < 4.78 is 0. The van der Waals surface area contributed by atoms with Crippen LogP contribution in [0.15, 0.2) is 0 Å². The first-order valence-electron chi connectivity index (χ1n) is 8.37. The fraction of sp³-hybridized carbons (Fsp3) is 0.812. The van der Waals surface area contributed by atoms with Crippen LogP contribution in [0.1, 0.15) is 42.7 Å². The van der Waals surface area contributed by atoms with E-state index in [4.69, 9.17) is 4.98 Å². The normalized spacial score (nSPS) is 29.9. The summed E-state index contributed by atoms with van der Waals surface area (Å²) in [5, 5.41) is 4.87. The van der Waals surface area contributed by atoms with Gasteiger partial charge in [-0.25, -0.2) is 4.98 Å². The van der Waals surface area contributed by atoms with Crippen molar-refractivity contribution in [2.24, 2.45) is 0 Å². The smallest absolute Gasteiger partial charge is 0.185 e. The summed E-state index contributed by atoms with van der Waals surface area (Å²) in [6.45, 7) is 5.51. The van der Waals surface area contributed by atoms with Crippen LogP contribution in [0.25, 0.3) is 0 Å². The van der Waals surface area contributed by atoms with Crippen LogP contribution in [-0.2, 0) is 6.54 Å². The van der Waals surface area contributed by atoms with Crippen LogP contribution >= 0.6 is 11.3 Å². The topological polar surface area (TPSA) is 31.4 Å². The Morgan fingerprint density at radius 2 is 2.00 bits per heavy atom. The van der Waals surface area contributed by atoms with E-state index in [-0.39, 0.29) is 0 Å². The maximum Gasteiger partial charge on any atom is 0.185 e. The Bertz CT molecular complexity index is 510. The van der Waals surface area contributed by atoms with Crippen molar-refractivity contribution in [3.8, 4) is 0 Å². The van der Waals surface area contributed by atoms with Gasteiger partial charge in [-0.1, -0.05) is 0 Å². The average molecular weight is 306 g/mol. The Hall–Kier alpha value is -0.650. The highest BCUT2D eigenvalue weighted by molar-refractivity contribution is 7.15. The van der Waals surface area contributed by atoms with Crippen LogP contribution in [0.3, 0.4) is 0 Å². The Morgan fingerprint density at radius 3 is 2.81 bits per heavy atom. The van der Waals surface area contributed by atoms with Crippen LogP contribution in [0, 0.1) is 6.92 Å². The fourth-order valence-electron chi connectivity index (χ4n) is 3.72. The van der Waals surface area contributed by atoms with Crippen molar-refractivity contribution in [2.45, 2.75) is 63.7 Å². The monoisotopic (exact) mass is 306 g/mol. The van der Waals surface area contributed by atoms with Crippen LogP contribution < -0.4 is 10.2 Å². The number of nitrogens with one attached hydrogen (secondary N) is 1. The maximum atomic E-state index is 4.87. The largest absolute Gasteiger partial charge is 0.346 e. The van der Waals surface area contributed by atoms with Gasteiger partial charge in [-0.15, -0.1) is 11.3 Å². The van der Waals surface area contributed by atoms with E-state index in [1.54, 1.807) is 0 Å². The predicted molar refractivity (Wildman–Crippen MR) is 88.1 cm³/mol. The molecular formula is C16H26N4S. The summed E-state index contributed by atoms with van der Waals surface area (Å²) in [4.78, 5) is 11.4. The number of hydrogen-bond acceptors (Lipinski definition) is 5. The average Bonchev–Trinajstić information content (AvgIpc) is 3.14. The van der Waals surface area contributed by atoms with Crippen molar-refractivity contribution in [3.63, 3.8) is 0 Å². The molecule has 1 aromatic heterocycles. The number of aryl methyl sites for hydroxylation is 1. The number of hydrogen-bond donors (Lipinski definition) is 1. The molecule has 2 atom stereocenters. The van der Waals surface area contributed by atoms with Crippen molar-refractivity contribution in [1.82, 2.24) is 15.2 Å². The zero-order chi connectivity index (χ0) is 14.4. The molecule has 3 aliphatic rings. The molecule has 5 heteroatoms. The lowest BCUT2D eigenvalue weighted by atomic mass is 10.1. The SMILES string of the molecule is Cc1nc(N2CCC3CCC(C2)N3C)sc1CNC1CC1. The highest BCUT2D eigenvalue weighted by atomic mass is 32.1. The standard InChI is InChI=1S/C16H26N4S/c1-11-15(9-17-12-3-4-12)21-16(18-11)20-8-7-13-5-6-14(10-20)19(13)2/h12-14,17H,3-10H2,1-2H3. The number of rotatable bonds is 4. The number of likely N-dealkylation sites (N-methyl/N-ethyl adjacent to an activating group) is 1. The molecule has 2 unspecified atom stereocenters. The molecule has 1 N–H and O–H groups in total. The van der Waals surface area contributed by atoms with Gasteiger partial charge in [0.25, 0.3) is 0 Å². The molecule has 2 aliphatic heterocycles. The quantitative estimate of drug-likeness (QED) is 0.925. The summed E-state index contributed by atoms with van der Waals surface area (Å²) in [6, 6.07) is 2.31. The summed E-state index contributed by atoms with van der Waals surface area (Å²) in [7, 11) is 2.31. The van der Waals surface area contributed by atoms with Crippen molar-refractivity contribution in [1.29, 1.82) is 0 Å². The number of anilines is 1. The molecule has 116 valence electrons. The van der Waals surface area contributed by atoms with E-state index in [9.17, 15) is 0 Å². The maximum absolute atomic E-state index is 4.87. The van der Waals surface area contributed by atoms with Crippen molar-refractivity contribution in [3.05, 3.63) is 10.6 Å². The molecule has 3 heterocycles. The molecule has 2 saturated heterocycles. The minimum atomic E-state index is 0.731. The molecule has 0 radical (unpaired) electrons. The Labute approximate surface area is 131 Å². The fourth-order valence-corrected chi connectivity index (χ4v) is 4.77. The van der Waals surface area contributed by atoms with Crippen LogP contribution in [0.5, 0.6) is 0 Å². The minimum Gasteiger partial charge on any atom is -0.346 e. The van der Waals surface area contributed by atoms with Gasteiger partial charge in [-0.05, 0) is 46.1 Å². The minimum absolute atomic E-state index is 0.731. The molecule has 4 nitrogen and oxygen atoms in total. The molecular weight excluding hydrogens is 280 g/mol. The summed E-state index contributed by atoms with van der Waals surface area (Å²) >= 11 is 1.91. The van der Waals surface area contributed by atoms with Crippen LogP contribution in [0.2, 0.25) is 0 Å². The third-order valence-corrected chi connectivity index (χ3v) is 6.65. The van der Waals surface area contributed by atoms with Gasteiger partial charge in [0.05, 0.1) is 5.69 Å². The first-order valence-corrected chi connectivity index (χ1v) is 9.19.